The van der Waals surface area contributed by atoms with Crippen molar-refractivity contribution < 1.29 is 14.7 Å². The Morgan fingerprint density at radius 1 is 1.21 bits per heavy atom. The summed E-state index contributed by atoms with van der Waals surface area (Å²) in [5.74, 6) is -1.07. The minimum Gasteiger partial charge on any atom is -0.494 e. The second kappa shape index (κ2) is 7.06. The molecule has 0 fully saturated rings. The molecule has 140 valence electrons. The molecular weight excluding hydrogens is 400 g/mol. The average molecular weight is 413 g/mol. The number of carbonyl (C=O) groups is 2. The van der Waals surface area contributed by atoms with Gasteiger partial charge in [0.1, 0.15) is 12.3 Å². The fraction of sp³-hybridized carbons (Fsp3) is 0.0526. The number of hydrogen-bond donors (Lipinski definition) is 3. The van der Waals surface area contributed by atoms with Gasteiger partial charge < -0.3 is 15.0 Å². The van der Waals surface area contributed by atoms with Gasteiger partial charge in [0.2, 0.25) is 16.9 Å². The zero-order valence-electron chi connectivity index (χ0n) is 14.3. The van der Waals surface area contributed by atoms with E-state index >= 15 is 0 Å². The molecule has 3 aromatic rings. The number of fused-ring (bicyclic) bond motifs is 1. The summed E-state index contributed by atoms with van der Waals surface area (Å²) in [4.78, 5) is 28.7. The number of anilines is 1. The summed E-state index contributed by atoms with van der Waals surface area (Å²) < 4.78 is 1.42. The molecule has 0 aliphatic carbocycles. The highest BCUT2D eigenvalue weighted by Crippen LogP contribution is 2.32. The molecule has 7 nitrogen and oxygen atoms in total. The first-order valence-corrected chi connectivity index (χ1v) is 9.02. The van der Waals surface area contributed by atoms with Gasteiger partial charge in [-0.05, 0) is 42.5 Å². The first kappa shape index (κ1) is 18.1. The minimum atomic E-state index is -0.492. The lowest BCUT2D eigenvalue weighted by molar-refractivity contribution is -0.116. The standard InChI is InChI=1S/C19H13ClN4O3S/c20-10-5-7-11(8-6-10)21-14(25)9-24-13-4-2-1-3-12(13)15(18(24)27)16-17(26)23-19(28)22-16/h1-8,27H,9H2,(H,21,25)(H,23,26,28). The molecule has 1 aliphatic heterocycles. The van der Waals surface area contributed by atoms with Crippen molar-refractivity contribution in [2.45, 2.75) is 6.54 Å². The second-order valence-electron chi connectivity index (χ2n) is 6.08. The molecule has 0 atom stereocenters. The Morgan fingerprint density at radius 2 is 1.93 bits per heavy atom. The van der Waals surface area contributed by atoms with Crippen molar-refractivity contribution in [1.29, 1.82) is 0 Å². The van der Waals surface area contributed by atoms with Crippen molar-refractivity contribution in [3.8, 4) is 5.88 Å². The van der Waals surface area contributed by atoms with Gasteiger partial charge in [0.25, 0.3) is 5.91 Å². The van der Waals surface area contributed by atoms with E-state index in [1.165, 1.54) is 4.57 Å². The van der Waals surface area contributed by atoms with Gasteiger partial charge in [0, 0.05) is 16.1 Å². The molecule has 2 aromatic carbocycles. The van der Waals surface area contributed by atoms with Gasteiger partial charge >= 0.3 is 0 Å². The third-order valence-corrected chi connectivity index (χ3v) is 4.70. The maximum absolute atomic E-state index is 12.5. The summed E-state index contributed by atoms with van der Waals surface area (Å²) in [5.41, 5.74) is 1.44. The van der Waals surface area contributed by atoms with Crippen LogP contribution in [0.3, 0.4) is 0 Å². The monoisotopic (exact) mass is 412 g/mol. The van der Waals surface area contributed by atoms with Crippen LogP contribution in [0.25, 0.3) is 10.9 Å². The smallest absolute Gasteiger partial charge is 0.277 e. The number of para-hydroxylation sites is 1. The SMILES string of the molecule is O=C(Cn1c(O)c(C2=NC(=S)NC2=O)c2ccccc21)Nc1ccc(Cl)cc1. The van der Waals surface area contributed by atoms with Crippen LogP contribution in [0, 0.1) is 0 Å². The Morgan fingerprint density at radius 3 is 2.61 bits per heavy atom. The molecule has 0 saturated heterocycles. The Balaban J connectivity index is 1.72. The Hall–Kier alpha value is -3.23. The highest BCUT2D eigenvalue weighted by molar-refractivity contribution is 7.80. The number of rotatable bonds is 4. The van der Waals surface area contributed by atoms with E-state index < -0.39 is 5.91 Å². The summed E-state index contributed by atoms with van der Waals surface area (Å²) in [6.07, 6.45) is 0. The number of nitrogens with one attached hydrogen (secondary N) is 2. The van der Waals surface area contributed by atoms with E-state index in [-0.39, 0.29) is 34.7 Å². The van der Waals surface area contributed by atoms with E-state index in [2.05, 4.69) is 15.6 Å². The number of thiocarbonyl (C=S) groups is 1. The Kier molecular flexibility index (Phi) is 4.58. The normalized spacial score (nSPS) is 13.5. The Bertz CT molecular complexity index is 1170. The Labute approximate surface area is 169 Å². The van der Waals surface area contributed by atoms with Crippen LogP contribution >= 0.6 is 23.8 Å². The molecule has 28 heavy (non-hydrogen) atoms. The van der Waals surface area contributed by atoms with Crippen LogP contribution in [0.1, 0.15) is 5.56 Å². The van der Waals surface area contributed by atoms with Gasteiger partial charge in [-0.1, -0.05) is 29.8 Å². The van der Waals surface area contributed by atoms with Gasteiger partial charge in [-0.3, -0.25) is 14.9 Å². The van der Waals surface area contributed by atoms with E-state index in [1.807, 2.05) is 0 Å². The molecule has 3 N–H and O–H groups in total. The van der Waals surface area contributed by atoms with Crippen molar-refractivity contribution in [2.24, 2.45) is 4.99 Å². The summed E-state index contributed by atoms with van der Waals surface area (Å²) in [5, 5.41) is 17.2. The highest BCUT2D eigenvalue weighted by Gasteiger charge is 2.30. The molecule has 0 radical (unpaired) electrons. The van der Waals surface area contributed by atoms with Gasteiger partial charge in [-0.25, -0.2) is 4.99 Å². The molecular formula is C19H13ClN4O3S. The largest absolute Gasteiger partial charge is 0.494 e. The minimum absolute atomic E-state index is 0.0237. The number of aromatic hydroxyl groups is 1. The van der Waals surface area contributed by atoms with E-state index in [9.17, 15) is 14.7 Å². The van der Waals surface area contributed by atoms with Crippen LogP contribution in [-0.4, -0.2) is 32.3 Å². The van der Waals surface area contributed by atoms with Gasteiger partial charge in [-0.2, -0.15) is 0 Å². The van der Waals surface area contributed by atoms with E-state index in [1.54, 1.807) is 48.5 Å². The molecule has 0 spiro atoms. The van der Waals surface area contributed by atoms with E-state index in [4.69, 9.17) is 23.8 Å². The molecule has 2 amide bonds. The maximum atomic E-state index is 12.5. The van der Waals surface area contributed by atoms with E-state index in [0.29, 0.717) is 21.6 Å². The molecule has 9 heteroatoms. The number of amides is 2. The number of aromatic nitrogens is 1. The molecule has 0 saturated carbocycles. The number of hydrogen-bond acceptors (Lipinski definition) is 4. The fourth-order valence-electron chi connectivity index (χ4n) is 3.07. The first-order chi connectivity index (χ1) is 13.4. The van der Waals surface area contributed by atoms with Gasteiger partial charge in [0.15, 0.2) is 0 Å². The van der Waals surface area contributed by atoms with Crippen molar-refractivity contribution in [3.05, 3.63) is 59.1 Å². The van der Waals surface area contributed by atoms with Crippen LogP contribution in [0.5, 0.6) is 5.88 Å². The van der Waals surface area contributed by atoms with Crippen molar-refractivity contribution >= 4 is 63.0 Å². The predicted octanol–water partition coefficient (Wildman–Crippen LogP) is 2.84. The first-order valence-electron chi connectivity index (χ1n) is 8.24. The van der Waals surface area contributed by atoms with Crippen LogP contribution in [0.4, 0.5) is 5.69 Å². The third kappa shape index (κ3) is 3.23. The lowest BCUT2D eigenvalue weighted by Crippen LogP contribution is -2.25. The fourth-order valence-corrected chi connectivity index (χ4v) is 3.38. The van der Waals surface area contributed by atoms with Crippen LogP contribution < -0.4 is 10.6 Å². The average Bonchev–Trinajstić information content (AvgIpc) is 3.13. The molecule has 0 unspecified atom stereocenters. The lowest BCUT2D eigenvalue weighted by atomic mass is 10.1. The summed E-state index contributed by atoms with van der Waals surface area (Å²) in [7, 11) is 0. The molecule has 2 heterocycles. The summed E-state index contributed by atoms with van der Waals surface area (Å²) in [6.45, 7) is -0.158. The number of halogens is 1. The third-order valence-electron chi connectivity index (χ3n) is 4.26. The predicted molar refractivity (Wildman–Crippen MR) is 111 cm³/mol. The van der Waals surface area contributed by atoms with Gasteiger partial charge in [0.05, 0.1) is 11.1 Å². The highest BCUT2D eigenvalue weighted by atomic mass is 35.5. The van der Waals surface area contributed by atoms with Crippen LogP contribution in [0.15, 0.2) is 53.5 Å². The number of benzene rings is 2. The van der Waals surface area contributed by atoms with Crippen molar-refractivity contribution in [1.82, 2.24) is 9.88 Å². The molecule has 1 aliphatic rings. The number of carbonyl (C=O) groups excluding carboxylic acids is 2. The van der Waals surface area contributed by atoms with Crippen LogP contribution in [0.2, 0.25) is 5.02 Å². The zero-order chi connectivity index (χ0) is 19.8. The molecule has 4 rings (SSSR count). The summed E-state index contributed by atoms with van der Waals surface area (Å²) >= 11 is 10.8. The quantitative estimate of drug-likeness (QED) is 0.574. The van der Waals surface area contributed by atoms with E-state index in [0.717, 1.165) is 0 Å². The zero-order valence-corrected chi connectivity index (χ0v) is 15.8. The van der Waals surface area contributed by atoms with Crippen molar-refractivity contribution in [3.63, 3.8) is 0 Å². The summed E-state index contributed by atoms with van der Waals surface area (Å²) in [6, 6.07) is 13.7. The topological polar surface area (TPSA) is 95.7 Å². The lowest BCUT2D eigenvalue weighted by Gasteiger charge is -2.09. The number of aliphatic imine (C=N–C) groups is 1. The van der Waals surface area contributed by atoms with Crippen LogP contribution in [-0.2, 0) is 16.1 Å². The maximum Gasteiger partial charge on any atom is 0.277 e. The number of nitrogens with zero attached hydrogens (tertiary/aromatic N) is 2. The second-order valence-corrected chi connectivity index (χ2v) is 6.90. The molecule has 0 bridgehead atoms. The molecule has 1 aromatic heterocycles. The van der Waals surface area contributed by atoms with Gasteiger partial charge in [-0.15, -0.1) is 0 Å². The van der Waals surface area contributed by atoms with Crippen molar-refractivity contribution in [2.75, 3.05) is 5.32 Å².